The van der Waals surface area contributed by atoms with Crippen molar-refractivity contribution in [3.05, 3.63) is 102 Å². The van der Waals surface area contributed by atoms with Crippen LogP contribution in [0.15, 0.2) is 91.0 Å². The van der Waals surface area contributed by atoms with Gasteiger partial charge in [-0.25, -0.2) is 4.79 Å². The Morgan fingerprint density at radius 1 is 1.00 bits per heavy atom. The Hall–Kier alpha value is -2.72. The Labute approximate surface area is 207 Å². The Bertz CT molecular complexity index is 1190. The first kappa shape index (κ1) is 24.4. The topological polar surface area (TPSA) is 47.6 Å². The molecule has 1 N–H and O–H groups in total. The van der Waals surface area contributed by atoms with E-state index in [2.05, 4.69) is 42.3 Å². The predicted octanol–water partition coefficient (Wildman–Crippen LogP) is 5.33. The van der Waals surface area contributed by atoms with Crippen molar-refractivity contribution >= 4 is 34.6 Å². The number of carbonyl (C=O) groups excluding carboxylic acids is 1. The lowest BCUT2D eigenvalue weighted by Gasteiger charge is -2.30. The number of nitrogens with one attached hydrogen (secondary N) is 1. The van der Waals surface area contributed by atoms with Crippen molar-refractivity contribution in [1.29, 1.82) is 0 Å². The minimum absolute atomic E-state index is 0.222. The van der Waals surface area contributed by atoms with E-state index >= 15 is 0 Å². The molecule has 0 radical (unpaired) electrons. The summed E-state index contributed by atoms with van der Waals surface area (Å²) in [6.45, 7) is 7.61. The third-order valence-electron chi connectivity index (χ3n) is 5.48. The molecule has 4 rings (SSSR count). The Morgan fingerprint density at radius 2 is 1.59 bits per heavy atom. The van der Waals surface area contributed by atoms with Crippen LogP contribution in [0.25, 0.3) is 0 Å². The second kappa shape index (κ2) is 9.87. The first-order valence-corrected chi connectivity index (χ1v) is 14.1. The SMILES string of the molecule is Cc1ccc2c(c1)[C@@H](NP(=S)(c1ccccc1)c1ccccc1)[C@@H](/C=C/C(=O)OC(C)(C)C)O2. The number of hydrogen-bond acceptors (Lipinski definition) is 4. The van der Waals surface area contributed by atoms with Gasteiger partial charge in [0.15, 0.2) is 0 Å². The highest BCUT2D eigenvalue weighted by Crippen LogP contribution is 2.47. The maximum absolute atomic E-state index is 12.4. The predicted molar refractivity (Wildman–Crippen MR) is 143 cm³/mol. The summed E-state index contributed by atoms with van der Waals surface area (Å²) in [5, 5.41) is 5.98. The minimum Gasteiger partial charge on any atom is -0.484 e. The third-order valence-corrected chi connectivity index (χ3v) is 9.75. The number of carbonyl (C=O) groups is 1. The zero-order valence-corrected chi connectivity index (χ0v) is 21.6. The molecule has 2 atom stereocenters. The summed E-state index contributed by atoms with van der Waals surface area (Å²) < 4.78 is 11.7. The van der Waals surface area contributed by atoms with E-state index < -0.39 is 23.9 Å². The van der Waals surface area contributed by atoms with Crippen LogP contribution in [-0.4, -0.2) is 17.7 Å². The van der Waals surface area contributed by atoms with E-state index in [-0.39, 0.29) is 6.04 Å². The van der Waals surface area contributed by atoms with Crippen molar-refractivity contribution < 1.29 is 14.3 Å². The number of esters is 1. The summed E-state index contributed by atoms with van der Waals surface area (Å²) in [7, 11) is 0. The lowest BCUT2D eigenvalue weighted by atomic mass is 10.0. The van der Waals surface area contributed by atoms with E-state index in [4.69, 9.17) is 21.3 Å². The first-order chi connectivity index (χ1) is 16.2. The maximum atomic E-state index is 12.4. The van der Waals surface area contributed by atoms with Gasteiger partial charge in [-0.1, -0.05) is 90.2 Å². The highest BCUT2D eigenvalue weighted by Gasteiger charge is 2.37. The van der Waals surface area contributed by atoms with Crippen molar-refractivity contribution in [2.24, 2.45) is 0 Å². The molecule has 0 saturated carbocycles. The van der Waals surface area contributed by atoms with Gasteiger partial charge in [-0.15, -0.1) is 0 Å². The summed E-state index contributed by atoms with van der Waals surface area (Å²) in [6.07, 6.45) is 0.418. The monoisotopic (exact) mass is 491 g/mol. The summed E-state index contributed by atoms with van der Waals surface area (Å²) >= 11 is 6.42. The van der Waals surface area contributed by atoms with E-state index in [0.717, 1.165) is 27.5 Å². The molecule has 0 aliphatic carbocycles. The molecule has 3 aromatic carbocycles. The van der Waals surface area contributed by atoms with Crippen molar-refractivity contribution in [1.82, 2.24) is 5.09 Å². The van der Waals surface area contributed by atoms with Gasteiger partial charge in [-0.2, -0.15) is 0 Å². The number of aryl methyl sites for hydroxylation is 1. The molecule has 1 aliphatic rings. The summed E-state index contributed by atoms with van der Waals surface area (Å²) in [5.41, 5.74) is 1.62. The summed E-state index contributed by atoms with van der Waals surface area (Å²) in [6, 6.07) is 26.3. The van der Waals surface area contributed by atoms with Gasteiger partial charge in [-0.3, -0.25) is 5.09 Å². The minimum atomic E-state index is -2.41. The molecule has 176 valence electrons. The lowest BCUT2D eigenvalue weighted by Crippen LogP contribution is -2.35. The van der Waals surface area contributed by atoms with Gasteiger partial charge < -0.3 is 9.47 Å². The molecule has 0 bridgehead atoms. The Balaban J connectivity index is 1.74. The van der Waals surface area contributed by atoms with Gasteiger partial charge in [0.25, 0.3) is 0 Å². The fourth-order valence-electron chi connectivity index (χ4n) is 3.98. The summed E-state index contributed by atoms with van der Waals surface area (Å²) in [5.74, 6) is 0.400. The largest absolute Gasteiger partial charge is 0.484 e. The second-order valence-corrected chi connectivity index (χ2v) is 13.6. The molecule has 1 aliphatic heterocycles. The van der Waals surface area contributed by atoms with E-state index in [1.807, 2.05) is 69.3 Å². The van der Waals surface area contributed by atoms with Crippen LogP contribution < -0.4 is 20.4 Å². The Kier molecular flexibility index (Phi) is 7.09. The molecule has 0 spiro atoms. The molecular formula is C28H30NO3PS. The molecular weight excluding hydrogens is 461 g/mol. The maximum Gasteiger partial charge on any atom is 0.331 e. The number of rotatable bonds is 6. The van der Waals surface area contributed by atoms with Crippen LogP contribution in [0.2, 0.25) is 0 Å². The van der Waals surface area contributed by atoms with Crippen LogP contribution in [0.4, 0.5) is 0 Å². The van der Waals surface area contributed by atoms with E-state index in [0.29, 0.717) is 0 Å². The van der Waals surface area contributed by atoms with Crippen molar-refractivity contribution in [3.8, 4) is 5.75 Å². The molecule has 0 amide bonds. The third kappa shape index (κ3) is 5.50. The first-order valence-electron chi connectivity index (χ1n) is 11.3. The zero-order chi connectivity index (χ0) is 24.3. The number of hydrogen-bond donors (Lipinski definition) is 1. The number of benzene rings is 3. The molecule has 3 aromatic rings. The molecule has 34 heavy (non-hydrogen) atoms. The highest BCUT2D eigenvalue weighted by molar-refractivity contribution is 8.20. The zero-order valence-electron chi connectivity index (χ0n) is 19.9. The van der Waals surface area contributed by atoms with Gasteiger partial charge in [0, 0.05) is 22.2 Å². The van der Waals surface area contributed by atoms with Crippen LogP contribution in [0, 0.1) is 6.92 Å². The smallest absolute Gasteiger partial charge is 0.331 e. The fraction of sp³-hybridized carbons (Fsp3) is 0.250. The van der Waals surface area contributed by atoms with Gasteiger partial charge >= 0.3 is 5.97 Å². The number of fused-ring (bicyclic) bond motifs is 1. The highest BCUT2D eigenvalue weighted by atomic mass is 32.4. The van der Waals surface area contributed by atoms with E-state index in [1.54, 1.807) is 6.08 Å². The quantitative estimate of drug-likeness (QED) is 0.287. The summed E-state index contributed by atoms with van der Waals surface area (Å²) in [4.78, 5) is 12.4. The molecule has 0 unspecified atom stereocenters. The van der Waals surface area contributed by atoms with Gasteiger partial charge in [0.1, 0.15) is 17.5 Å². The average Bonchev–Trinajstić information content (AvgIpc) is 3.14. The normalized spacial score (nSPS) is 17.9. The molecule has 4 nitrogen and oxygen atoms in total. The van der Waals surface area contributed by atoms with Crippen LogP contribution in [0.5, 0.6) is 5.75 Å². The second-order valence-electron chi connectivity index (χ2n) is 9.40. The van der Waals surface area contributed by atoms with Gasteiger partial charge in [-0.05, 0) is 39.8 Å². The number of ether oxygens (including phenoxy) is 2. The average molecular weight is 492 g/mol. The lowest BCUT2D eigenvalue weighted by molar-refractivity contribution is -0.148. The van der Waals surface area contributed by atoms with Crippen molar-refractivity contribution in [2.75, 3.05) is 0 Å². The van der Waals surface area contributed by atoms with E-state index in [1.165, 1.54) is 6.08 Å². The van der Waals surface area contributed by atoms with Gasteiger partial charge in [0.2, 0.25) is 0 Å². The van der Waals surface area contributed by atoms with E-state index in [9.17, 15) is 4.79 Å². The fourth-order valence-corrected chi connectivity index (χ4v) is 7.51. The molecule has 1 heterocycles. The molecule has 6 heteroatoms. The van der Waals surface area contributed by atoms with Crippen LogP contribution >= 0.6 is 6.19 Å². The van der Waals surface area contributed by atoms with Gasteiger partial charge in [0.05, 0.1) is 12.2 Å². The standard InChI is InChI=1S/C28H30NO3PS/c1-20-15-16-24-23(19-20)27(25(31-24)17-18-26(30)32-28(2,3)4)29-33(34,21-11-7-5-8-12-21)22-13-9-6-10-14-22/h5-19,25,27H,1-4H3,(H,29,34)/b18-17+/t25-,27-/m1/s1. The van der Waals surface area contributed by atoms with Crippen LogP contribution in [0.1, 0.15) is 37.9 Å². The van der Waals surface area contributed by atoms with Crippen LogP contribution in [-0.2, 0) is 21.3 Å². The van der Waals surface area contributed by atoms with Crippen molar-refractivity contribution in [2.45, 2.75) is 45.4 Å². The Morgan fingerprint density at radius 3 is 2.15 bits per heavy atom. The van der Waals surface area contributed by atoms with Crippen molar-refractivity contribution in [3.63, 3.8) is 0 Å². The van der Waals surface area contributed by atoms with Crippen LogP contribution in [0.3, 0.4) is 0 Å². The molecule has 0 aromatic heterocycles. The molecule has 0 fully saturated rings. The molecule has 0 saturated heterocycles.